The summed E-state index contributed by atoms with van der Waals surface area (Å²) in [6.07, 6.45) is -0.813. The van der Waals surface area contributed by atoms with Crippen LogP contribution in [0, 0.1) is 12.7 Å². The van der Waals surface area contributed by atoms with Crippen LogP contribution in [0.3, 0.4) is 0 Å². The summed E-state index contributed by atoms with van der Waals surface area (Å²) in [5.74, 6) is -1.92. The number of anilines is 2. The van der Waals surface area contributed by atoms with Crippen molar-refractivity contribution in [2.24, 2.45) is 0 Å². The molecule has 1 fully saturated rings. The molecule has 0 aliphatic carbocycles. The number of imidazole rings is 1. The van der Waals surface area contributed by atoms with Crippen molar-refractivity contribution < 1.29 is 27.4 Å². The van der Waals surface area contributed by atoms with Gasteiger partial charge in [-0.25, -0.2) is 9.37 Å². The molecular formula is C22H22F3N5O3. The number of halogens is 3. The number of pyridine rings is 1. The van der Waals surface area contributed by atoms with Crippen LogP contribution in [0.4, 0.5) is 24.5 Å². The second kappa shape index (κ2) is 7.55. The highest BCUT2D eigenvalue weighted by atomic mass is 19.3. The molecule has 2 atom stereocenters. The number of nitrogens with zero attached hydrogens (tertiary/aromatic N) is 3. The average Bonchev–Trinajstić information content (AvgIpc) is 3.24. The molecule has 1 aromatic carbocycles. The molecule has 5 rings (SSSR count). The molecule has 2 N–H and O–H groups in total. The lowest BCUT2D eigenvalue weighted by Crippen LogP contribution is -2.54. The molecule has 2 aliphatic heterocycles. The quantitative estimate of drug-likeness (QED) is 0.621. The number of piperazine rings is 1. The molecule has 11 heteroatoms. The van der Waals surface area contributed by atoms with Gasteiger partial charge in [-0.1, -0.05) is 0 Å². The molecule has 1 amide bonds. The Labute approximate surface area is 187 Å². The summed E-state index contributed by atoms with van der Waals surface area (Å²) in [6, 6.07) is 4.34. The first kappa shape index (κ1) is 21.4. The van der Waals surface area contributed by atoms with Gasteiger partial charge in [0.15, 0.2) is 23.0 Å². The third kappa shape index (κ3) is 3.92. The molecule has 0 spiro atoms. The van der Waals surface area contributed by atoms with E-state index in [-0.39, 0.29) is 40.5 Å². The van der Waals surface area contributed by atoms with Crippen LogP contribution in [0.25, 0.3) is 5.65 Å². The van der Waals surface area contributed by atoms with E-state index in [1.165, 1.54) is 16.7 Å². The van der Waals surface area contributed by atoms with Gasteiger partial charge in [-0.3, -0.25) is 4.79 Å². The number of carbonyl (C=O) groups is 1. The number of aryl methyl sites for hydroxylation is 1. The van der Waals surface area contributed by atoms with Crippen LogP contribution >= 0.6 is 0 Å². The van der Waals surface area contributed by atoms with Crippen molar-refractivity contribution in [3.8, 4) is 11.5 Å². The van der Waals surface area contributed by atoms with Gasteiger partial charge in [0, 0.05) is 43.6 Å². The van der Waals surface area contributed by atoms with Gasteiger partial charge < -0.3 is 29.4 Å². The highest BCUT2D eigenvalue weighted by Crippen LogP contribution is 2.49. The number of alkyl halides is 2. The van der Waals surface area contributed by atoms with Crippen LogP contribution in [0.2, 0.25) is 0 Å². The fourth-order valence-electron chi connectivity index (χ4n) is 4.41. The van der Waals surface area contributed by atoms with Crippen LogP contribution < -0.4 is 25.0 Å². The Morgan fingerprint density at radius 2 is 1.88 bits per heavy atom. The van der Waals surface area contributed by atoms with Crippen molar-refractivity contribution in [1.29, 1.82) is 0 Å². The van der Waals surface area contributed by atoms with E-state index in [1.807, 2.05) is 18.7 Å². The van der Waals surface area contributed by atoms with Gasteiger partial charge in [0.25, 0.3) is 5.91 Å². The summed E-state index contributed by atoms with van der Waals surface area (Å²) in [6.45, 7) is 6.84. The summed E-state index contributed by atoms with van der Waals surface area (Å²) in [5, 5.41) is 5.91. The number of fused-ring (bicyclic) bond motifs is 2. The molecule has 3 aromatic rings. The summed E-state index contributed by atoms with van der Waals surface area (Å²) < 4.78 is 53.5. The average molecular weight is 461 g/mol. The Balaban J connectivity index is 1.49. The maximum absolute atomic E-state index is 14.4. The normalized spacial score (nSPS) is 21.5. The third-order valence-electron chi connectivity index (χ3n) is 5.56. The van der Waals surface area contributed by atoms with E-state index in [4.69, 9.17) is 9.47 Å². The van der Waals surface area contributed by atoms with Crippen LogP contribution in [0.5, 0.6) is 11.5 Å². The van der Waals surface area contributed by atoms with Crippen LogP contribution in [-0.4, -0.2) is 46.8 Å². The predicted octanol–water partition coefficient (Wildman–Crippen LogP) is 3.54. The van der Waals surface area contributed by atoms with Gasteiger partial charge in [-0.2, -0.15) is 0 Å². The van der Waals surface area contributed by atoms with Crippen LogP contribution in [0.15, 0.2) is 30.6 Å². The molecule has 0 radical (unpaired) electrons. The van der Waals surface area contributed by atoms with Crippen LogP contribution in [-0.2, 0) is 0 Å². The predicted molar refractivity (Wildman–Crippen MR) is 115 cm³/mol. The molecule has 0 unspecified atom stereocenters. The molecule has 0 saturated carbocycles. The number of ether oxygens (including phenoxy) is 2. The zero-order chi connectivity index (χ0) is 23.5. The molecule has 33 heavy (non-hydrogen) atoms. The van der Waals surface area contributed by atoms with Gasteiger partial charge in [0.1, 0.15) is 0 Å². The van der Waals surface area contributed by atoms with Crippen molar-refractivity contribution in [3.05, 3.63) is 47.7 Å². The summed E-state index contributed by atoms with van der Waals surface area (Å²) >= 11 is 0. The number of benzene rings is 1. The fraction of sp³-hybridized carbons (Fsp3) is 0.364. The second-order valence-electron chi connectivity index (χ2n) is 8.48. The van der Waals surface area contributed by atoms with E-state index in [2.05, 4.69) is 15.6 Å². The smallest absolute Gasteiger partial charge is 0.394 e. The SMILES string of the molecule is Cc1cn2cc(NC(=O)c3ccc(N4C[C@@H](C)N[C@H](C)C4)c4c3OC(F)(F)O4)cc(F)c2n1. The minimum Gasteiger partial charge on any atom is -0.394 e. The Hall–Kier alpha value is -3.47. The fourth-order valence-corrected chi connectivity index (χ4v) is 4.41. The molecule has 4 heterocycles. The van der Waals surface area contributed by atoms with E-state index in [1.54, 1.807) is 19.2 Å². The van der Waals surface area contributed by atoms with Gasteiger partial charge >= 0.3 is 6.29 Å². The molecule has 8 nitrogen and oxygen atoms in total. The first-order valence-corrected chi connectivity index (χ1v) is 10.5. The zero-order valence-electron chi connectivity index (χ0n) is 18.2. The lowest BCUT2D eigenvalue weighted by atomic mass is 10.1. The lowest BCUT2D eigenvalue weighted by molar-refractivity contribution is -0.286. The molecule has 0 bridgehead atoms. The van der Waals surface area contributed by atoms with E-state index in [9.17, 15) is 18.0 Å². The summed E-state index contributed by atoms with van der Waals surface area (Å²) in [7, 11) is 0. The largest absolute Gasteiger partial charge is 0.586 e. The zero-order valence-corrected chi connectivity index (χ0v) is 18.2. The summed E-state index contributed by atoms with van der Waals surface area (Å²) in [5.41, 5.74) is 1.13. The number of hydrogen-bond acceptors (Lipinski definition) is 6. The first-order valence-electron chi connectivity index (χ1n) is 10.5. The Morgan fingerprint density at radius 1 is 1.18 bits per heavy atom. The van der Waals surface area contributed by atoms with Crippen molar-refractivity contribution in [1.82, 2.24) is 14.7 Å². The van der Waals surface area contributed by atoms with Gasteiger partial charge in [-0.15, -0.1) is 8.78 Å². The Kier molecular flexibility index (Phi) is 4.89. The van der Waals surface area contributed by atoms with E-state index < -0.39 is 18.0 Å². The molecule has 2 aliphatic rings. The lowest BCUT2D eigenvalue weighted by Gasteiger charge is -2.38. The Bertz CT molecular complexity index is 1250. The molecule has 2 aromatic heterocycles. The van der Waals surface area contributed by atoms with Gasteiger partial charge in [-0.05, 0) is 32.9 Å². The van der Waals surface area contributed by atoms with E-state index in [0.29, 0.717) is 24.5 Å². The van der Waals surface area contributed by atoms with Crippen molar-refractivity contribution in [2.45, 2.75) is 39.1 Å². The highest BCUT2D eigenvalue weighted by molar-refractivity contribution is 6.07. The van der Waals surface area contributed by atoms with Gasteiger partial charge in [0.05, 0.1) is 22.6 Å². The van der Waals surface area contributed by atoms with Gasteiger partial charge in [0.2, 0.25) is 0 Å². The van der Waals surface area contributed by atoms with Crippen molar-refractivity contribution in [3.63, 3.8) is 0 Å². The number of carbonyl (C=O) groups excluding carboxylic acids is 1. The monoisotopic (exact) mass is 461 g/mol. The van der Waals surface area contributed by atoms with Crippen molar-refractivity contribution >= 4 is 22.9 Å². The maximum Gasteiger partial charge on any atom is 0.586 e. The first-order chi connectivity index (χ1) is 15.6. The number of amides is 1. The number of nitrogens with one attached hydrogen (secondary N) is 2. The highest BCUT2D eigenvalue weighted by Gasteiger charge is 2.47. The number of aromatic nitrogens is 2. The minimum atomic E-state index is -3.90. The Morgan fingerprint density at radius 3 is 2.61 bits per heavy atom. The topological polar surface area (TPSA) is 80.1 Å². The summed E-state index contributed by atoms with van der Waals surface area (Å²) in [4.78, 5) is 19.0. The standard InChI is InChI=1S/C22H22F3N5O3/c1-11-7-29(8-12(2)26-11)17-5-4-15(18-19(17)33-22(24,25)32-18)21(31)28-14-6-16(23)20-27-13(3)9-30(20)10-14/h4-6,9-12,26H,7-8H2,1-3H3,(H,28,31)/t11-,12-/m1/s1. The maximum atomic E-state index is 14.4. The van der Waals surface area contributed by atoms with E-state index >= 15 is 0 Å². The van der Waals surface area contributed by atoms with E-state index in [0.717, 1.165) is 6.07 Å². The molecule has 1 saturated heterocycles. The second-order valence-corrected chi connectivity index (χ2v) is 8.48. The number of hydrogen-bond donors (Lipinski definition) is 2. The molecular weight excluding hydrogens is 439 g/mol. The van der Waals surface area contributed by atoms with Crippen LogP contribution in [0.1, 0.15) is 29.9 Å². The minimum absolute atomic E-state index is 0.117. The number of rotatable bonds is 3. The molecule has 174 valence electrons. The third-order valence-corrected chi connectivity index (χ3v) is 5.56. The van der Waals surface area contributed by atoms with Crippen molar-refractivity contribution in [2.75, 3.05) is 23.3 Å².